The number of carbonyl (C=O) groups excluding carboxylic acids is 8. The van der Waals surface area contributed by atoms with Crippen molar-refractivity contribution in [2.45, 2.75) is 79.1 Å². The lowest BCUT2D eigenvalue weighted by atomic mass is 10.2. The van der Waals surface area contributed by atoms with Crippen molar-refractivity contribution in [3.63, 3.8) is 0 Å². The minimum Gasteiger partial charge on any atom is -0.368 e. The number of carbonyl (C=O) groups is 8. The van der Waals surface area contributed by atoms with Crippen LogP contribution in [0.4, 0.5) is 0 Å². The van der Waals surface area contributed by atoms with Gasteiger partial charge in [-0.15, -0.1) is 0 Å². The van der Waals surface area contributed by atoms with Crippen molar-refractivity contribution in [2.24, 2.45) is 11.5 Å². The Morgan fingerprint density at radius 1 is 0.373 bits per heavy atom. The van der Waals surface area contributed by atoms with E-state index in [-0.39, 0.29) is 71.4 Å². The van der Waals surface area contributed by atoms with E-state index in [0.717, 1.165) is 35.1 Å². The highest BCUT2D eigenvalue weighted by molar-refractivity contribution is 5.93. The van der Waals surface area contributed by atoms with Gasteiger partial charge >= 0.3 is 0 Å². The second kappa shape index (κ2) is 33.4. The molecular weight excluding hydrogens is 953 g/mol. The molecule has 5 N–H and O–H groups in total. The number of hydrogen-bond donors (Lipinski definition) is 3. The van der Waals surface area contributed by atoms with Crippen molar-refractivity contribution in [3.05, 3.63) is 144 Å². The molecule has 4 rings (SSSR count). The summed E-state index contributed by atoms with van der Waals surface area (Å²) in [4.78, 5) is 121. The lowest BCUT2D eigenvalue weighted by Gasteiger charge is -2.32. The third-order valence-corrected chi connectivity index (χ3v) is 12.2. The Kier molecular flexibility index (Phi) is 26.8. The van der Waals surface area contributed by atoms with Crippen LogP contribution < -0.4 is 16.8 Å². The number of hydrogen-bond acceptors (Lipinski definition) is 10. The molecule has 0 bridgehead atoms. The first kappa shape index (κ1) is 60.1. The fourth-order valence-corrected chi connectivity index (χ4v) is 8.30. The fraction of sp³-hybridized carbons (Fsp3) is 0.439. The zero-order valence-electron chi connectivity index (χ0n) is 44.2. The second-order valence-electron chi connectivity index (χ2n) is 18.5. The quantitative estimate of drug-likeness (QED) is 0.0577. The Morgan fingerprint density at radius 2 is 0.640 bits per heavy atom. The van der Waals surface area contributed by atoms with Gasteiger partial charge in [-0.2, -0.15) is 0 Å². The predicted octanol–water partition coefficient (Wildman–Crippen LogP) is 3.63. The van der Waals surface area contributed by atoms with E-state index in [1.54, 1.807) is 0 Å². The van der Waals surface area contributed by atoms with E-state index in [4.69, 9.17) is 11.5 Å². The zero-order valence-corrected chi connectivity index (χ0v) is 44.2. The first-order valence-electron chi connectivity index (χ1n) is 26.0. The number of benzene rings is 4. The molecule has 0 saturated heterocycles. The van der Waals surface area contributed by atoms with E-state index >= 15 is 0 Å². The topological polar surface area (TPSA) is 223 Å². The van der Waals surface area contributed by atoms with Gasteiger partial charge in [0.25, 0.3) is 0 Å². The van der Waals surface area contributed by atoms with Gasteiger partial charge < -0.3 is 51.1 Å². The maximum atomic E-state index is 14.8. The Hall–Kier alpha value is -7.44. The summed E-state index contributed by atoms with van der Waals surface area (Å²) in [7, 11) is 0. The average Bonchev–Trinajstić information content (AvgIpc) is 3.40. The summed E-state index contributed by atoms with van der Waals surface area (Å²) in [6.45, 7) is 5.14. The molecule has 8 amide bonds. The summed E-state index contributed by atoms with van der Waals surface area (Å²) >= 11 is 0. The highest BCUT2D eigenvalue weighted by Crippen LogP contribution is 2.14. The van der Waals surface area contributed by atoms with E-state index in [0.29, 0.717) is 38.9 Å². The molecule has 0 aliphatic heterocycles. The SMILES string of the molecule is CCCN(CC(=O)N(CCC)CC(=O)N(CC(=O)N(CC(=O)N(CCC)CC(=O)N(CC(=O)N(CC(N)=O)Cc1ccccc1)Cc1ccccc1)Cc1ccccc1)Cc1ccccc1)C(=O)CNCCCCN. The second-order valence-corrected chi connectivity index (χ2v) is 18.5. The summed E-state index contributed by atoms with van der Waals surface area (Å²) in [6.07, 6.45) is 3.28. The third-order valence-electron chi connectivity index (χ3n) is 12.2. The summed E-state index contributed by atoms with van der Waals surface area (Å²) < 4.78 is 0. The Morgan fingerprint density at radius 3 is 0.920 bits per heavy atom. The van der Waals surface area contributed by atoms with Gasteiger partial charge in [0.15, 0.2) is 0 Å². The molecule has 0 atom stereocenters. The monoisotopic (exact) mass is 1030 g/mol. The molecule has 18 heteroatoms. The minimum absolute atomic E-state index is 0.00204. The molecule has 0 saturated carbocycles. The first-order chi connectivity index (χ1) is 36.2. The van der Waals surface area contributed by atoms with Crippen molar-refractivity contribution in [2.75, 3.05) is 85.1 Å². The van der Waals surface area contributed by atoms with Crippen LogP contribution in [0.1, 0.15) is 75.1 Å². The molecule has 4 aromatic rings. The molecule has 0 aromatic heterocycles. The van der Waals surface area contributed by atoms with Gasteiger partial charge in [0.05, 0.1) is 32.7 Å². The van der Waals surface area contributed by atoms with Crippen LogP contribution in [0.25, 0.3) is 0 Å². The maximum absolute atomic E-state index is 14.8. The van der Waals surface area contributed by atoms with E-state index in [2.05, 4.69) is 5.32 Å². The smallest absolute Gasteiger partial charge is 0.242 e. The van der Waals surface area contributed by atoms with Crippen LogP contribution in [0.5, 0.6) is 0 Å². The van der Waals surface area contributed by atoms with Crippen LogP contribution in [0.3, 0.4) is 0 Å². The summed E-state index contributed by atoms with van der Waals surface area (Å²) in [5, 5.41) is 3.13. The Balaban J connectivity index is 1.59. The molecule has 4 aromatic carbocycles. The average molecular weight is 1030 g/mol. The number of nitrogens with zero attached hydrogens (tertiary/aromatic N) is 7. The van der Waals surface area contributed by atoms with E-state index in [1.165, 1.54) is 34.3 Å². The van der Waals surface area contributed by atoms with Gasteiger partial charge in [0.1, 0.15) is 19.6 Å². The zero-order chi connectivity index (χ0) is 54.4. The van der Waals surface area contributed by atoms with Gasteiger partial charge in [-0.1, -0.05) is 142 Å². The maximum Gasteiger partial charge on any atom is 0.242 e. The van der Waals surface area contributed by atoms with Crippen LogP contribution in [-0.2, 0) is 64.5 Å². The summed E-state index contributed by atoms with van der Waals surface area (Å²) in [5.74, 6) is -3.96. The normalized spacial score (nSPS) is 10.8. The minimum atomic E-state index is -0.715. The lowest BCUT2D eigenvalue weighted by Crippen LogP contribution is -2.52. The number of rotatable bonds is 34. The Labute approximate surface area is 442 Å². The third kappa shape index (κ3) is 21.9. The Bertz CT molecular complexity index is 2400. The van der Waals surface area contributed by atoms with Crippen molar-refractivity contribution in [3.8, 4) is 0 Å². The molecule has 0 unspecified atom stereocenters. The van der Waals surface area contributed by atoms with Crippen molar-refractivity contribution >= 4 is 47.3 Å². The molecule has 0 fully saturated rings. The van der Waals surface area contributed by atoms with Gasteiger partial charge in [-0.25, -0.2) is 0 Å². The van der Waals surface area contributed by atoms with Crippen LogP contribution >= 0.6 is 0 Å². The van der Waals surface area contributed by atoms with Crippen molar-refractivity contribution < 1.29 is 38.4 Å². The first-order valence-corrected chi connectivity index (χ1v) is 26.0. The van der Waals surface area contributed by atoms with E-state index in [1.807, 2.05) is 142 Å². The summed E-state index contributed by atoms with van der Waals surface area (Å²) in [6, 6.07) is 36.4. The van der Waals surface area contributed by atoms with Crippen LogP contribution in [0.15, 0.2) is 121 Å². The fourth-order valence-electron chi connectivity index (χ4n) is 8.30. The number of nitrogens with one attached hydrogen (secondary N) is 1. The van der Waals surface area contributed by atoms with Crippen molar-refractivity contribution in [1.82, 2.24) is 39.6 Å². The van der Waals surface area contributed by atoms with E-state index < -0.39 is 67.5 Å². The van der Waals surface area contributed by atoms with E-state index in [9.17, 15) is 38.4 Å². The van der Waals surface area contributed by atoms with Crippen molar-refractivity contribution in [1.29, 1.82) is 0 Å². The molecule has 0 aliphatic rings. The molecular formula is C57H78N10O8. The number of nitrogens with two attached hydrogens (primary N) is 2. The van der Waals surface area contributed by atoms with Gasteiger partial charge in [-0.05, 0) is 67.4 Å². The highest BCUT2D eigenvalue weighted by Gasteiger charge is 2.30. The molecule has 0 heterocycles. The van der Waals surface area contributed by atoms with Gasteiger partial charge in [0, 0.05) is 45.8 Å². The molecule has 75 heavy (non-hydrogen) atoms. The van der Waals surface area contributed by atoms with Crippen LogP contribution in [0, 0.1) is 0 Å². The predicted molar refractivity (Wildman–Crippen MR) is 288 cm³/mol. The van der Waals surface area contributed by atoms with Crippen LogP contribution in [0.2, 0.25) is 0 Å². The largest absolute Gasteiger partial charge is 0.368 e. The molecule has 18 nitrogen and oxygen atoms in total. The number of amides is 8. The standard InChI is InChI=1S/C57H78N10O8/c1-4-31-61(51(69)34-60-30-20-19-29-58)40-52(70)62(32-5-2)41-54(72)67(38-49-27-17-10-18-28-49)45-57(75)65(36-47-23-13-8-14-24-47)43-53(71)63(33-6-3)42-55(73)66(37-48-25-15-9-16-26-48)44-56(74)64(39-50(59)68)35-46-21-11-7-12-22-46/h7-18,21-28,60H,4-6,19-20,29-45,58H2,1-3H3,(H2,59,68). The molecule has 0 aliphatic carbocycles. The number of unbranched alkanes of at least 4 members (excludes halogenated alkanes) is 1. The number of primary amides is 1. The van der Waals surface area contributed by atoms with Gasteiger partial charge in [0.2, 0.25) is 47.3 Å². The molecule has 404 valence electrons. The molecule has 0 radical (unpaired) electrons. The summed E-state index contributed by atoms with van der Waals surface area (Å²) in [5.41, 5.74) is 14.1. The molecule has 0 spiro atoms. The van der Waals surface area contributed by atoms with Crippen LogP contribution in [-0.4, -0.2) is 167 Å². The lowest BCUT2D eigenvalue weighted by molar-refractivity contribution is -0.149. The highest BCUT2D eigenvalue weighted by atomic mass is 16.2. The van der Waals surface area contributed by atoms with Gasteiger partial charge in [-0.3, -0.25) is 38.4 Å².